The zero-order valence-electron chi connectivity index (χ0n) is 9.97. The zero-order valence-corrected chi connectivity index (χ0v) is 9.97. The number of rotatable bonds is 2. The lowest BCUT2D eigenvalue weighted by atomic mass is 10.1. The normalized spacial score (nSPS) is 15.5. The molecule has 1 heterocycles. The Labute approximate surface area is 106 Å². The van der Waals surface area contributed by atoms with Crippen LogP contribution in [0.2, 0.25) is 0 Å². The van der Waals surface area contributed by atoms with E-state index in [9.17, 15) is 0 Å². The van der Waals surface area contributed by atoms with Crippen molar-refractivity contribution >= 4 is 11.8 Å². The van der Waals surface area contributed by atoms with Crippen molar-refractivity contribution in [3.63, 3.8) is 0 Å². The van der Waals surface area contributed by atoms with Crippen molar-refractivity contribution in [1.29, 1.82) is 0 Å². The van der Waals surface area contributed by atoms with Crippen LogP contribution in [0.5, 0.6) is 0 Å². The number of fused-ring (bicyclic) bond motifs is 1. The molecule has 0 aromatic heterocycles. The molecule has 0 aliphatic carbocycles. The molecule has 0 saturated carbocycles. The highest BCUT2D eigenvalue weighted by molar-refractivity contribution is 5.80. The Morgan fingerprint density at radius 3 is 2.61 bits per heavy atom. The quantitative estimate of drug-likeness (QED) is 0.870. The first-order valence-electron chi connectivity index (χ1n) is 5.99. The maximum absolute atomic E-state index is 9.00. The van der Waals surface area contributed by atoms with Crippen molar-refractivity contribution in [3.8, 4) is 0 Å². The molecule has 0 bridgehead atoms. The minimum atomic E-state index is 0.0795. The third-order valence-corrected chi connectivity index (χ3v) is 3.13. The van der Waals surface area contributed by atoms with Crippen LogP contribution in [0.25, 0.3) is 11.8 Å². The van der Waals surface area contributed by atoms with Crippen molar-refractivity contribution in [2.45, 2.75) is 13.2 Å². The molecule has 2 heteroatoms. The molecule has 0 atom stereocenters. The fourth-order valence-corrected chi connectivity index (χ4v) is 2.11. The van der Waals surface area contributed by atoms with Crippen LogP contribution in [0.1, 0.15) is 22.3 Å². The Balaban J connectivity index is 1.93. The smallest absolute Gasteiger partial charge is 0.128 e. The van der Waals surface area contributed by atoms with Crippen LogP contribution in [-0.2, 0) is 18.0 Å². The molecular formula is C16H14O2. The Morgan fingerprint density at radius 1 is 1.06 bits per heavy atom. The van der Waals surface area contributed by atoms with Crippen LogP contribution in [0.3, 0.4) is 0 Å². The molecule has 0 saturated heterocycles. The maximum Gasteiger partial charge on any atom is 0.128 e. The topological polar surface area (TPSA) is 29.5 Å². The standard InChI is InChI=1S/C16H14O2/c17-10-13-7-5-12(6-8-13)9-16-15-4-2-1-3-14(15)11-18-16/h1-9,17H,10-11H2/b16-9+. The van der Waals surface area contributed by atoms with Gasteiger partial charge in [0.15, 0.2) is 0 Å². The van der Waals surface area contributed by atoms with E-state index in [-0.39, 0.29) is 6.61 Å². The monoisotopic (exact) mass is 238 g/mol. The first kappa shape index (κ1) is 11.1. The molecule has 0 spiro atoms. The summed E-state index contributed by atoms with van der Waals surface area (Å²) in [7, 11) is 0. The first-order chi connectivity index (χ1) is 8.86. The van der Waals surface area contributed by atoms with Crippen LogP contribution < -0.4 is 0 Å². The van der Waals surface area contributed by atoms with Gasteiger partial charge in [-0.1, -0.05) is 48.5 Å². The second kappa shape index (κ2) is 4.67. The highest BCUT2D eigenvalue weighted by Gasteiger charge is 2.16. The summed E-state index contributed by atoms with van der Waals surface area (Å²) in [4.78, 5) is 0. The van der Waals surface area contributed by atoms with E-state index in [1.807, 2.05) is 42.5 Å². The number of hydrogen-bond donors (Lipinski definition) is 1. The van der Waals surface area contributed by atoms with Gasteiger partial charge in [0.1, 0.15) is 12.4 Å². The Morgan fingerprint density at radius 2 is 1.83 bits per heavy atom. The van der Waals surface area contributed by atoms with E-state index in [0.29, 0.717) is 6.61 Å². The van der Waals surface area contributed by atoms with E-state index in [1.54, 1.807) is 0 Å². The molecule has 90 valence electrons. The number of ether oxygens (including phenoxy) is 1. The highest BCUT2D eigenvalue weighted by atomic mass is 16.5. The highest BCUT2D eigenvalue weighted by Crippen LogP contribution is 2.30. The van der Waals surface area contributed by atoms with Gasteiger partial charge in [0.05, 0.1) is 6.61 Å². The van der Waals surface area contributed by atoms with E-state index < -0.39 is 0 Å². The van der Waals surface area contributed by atoms with Crippen molar-refractivity contribution in [3.05, 3.63) is 70.8 Å². The summed E-state index contributed by atoms with van der Waals surface area (Å²) in [5.74, 6) is 0.919. The fourth-order valence-electron chi connectivity index (χ4n) is 2.11. The molecule has 1 aliphatic heterocycles. The van der Waals surface area contributed by atoms with Gasteiger partial charge < -0.3 is 9.84 Å². The van der Waals surface area contributed by atoms with E-state index in [0.717, 1.165) is 16.9 Å². The van der Waals surface area contributed by atoms with Crippen molar-refractivity contribution in [2.75, 3.05) is 0 Å². The van der Waals surface area contributed by atoms with Gasteiger partial charge in [-0.05, 0) is 17.2 Å². The molecule has 1 aliphatic rings. The molecule has 2 nitrogen and oxygen atoms in total. The molecule has 0 unspecified atom stereocenters. The molecule has 3 rings (SSSR count). The first-order valence-corrected chi connectivity index (χ1v) is 5.99. The van der Waals surface area contributed by atoms with Crippen molar-refractivity contribution < 1.29 is 9.84 Å². The van der Waals surface area contributed by atoms with E-state index in [1.165, 1.54) is 11.1 Å². The molecule has 0 amide bonds. The zero-order chi connectivity index (χ0) is 12.4. The van der Waals surface area contributed by atoms with E-state index in [2.05, 4.69) is 12.1 Å². The van der Waals surface area contributed by atoms with Crippen LogP contribution in [-0.4, -0.2) is 5.11 Å². The summed E-state index contributed by atoms with van der Waals surface area (Å²) >= 11 is 0. The average molecular weight is 238 g/mol. The Hall–Kier alpha value is -2.06. The third-order valence-electron chi connectivity index (χ3n) is 3.13. The van der Waals surface area contributed by atoms with Gasteiger partial charge in [-0.15, -0.1) is 0 Å². The number of aliphatic hydroxyl groups excluding tert-OH is 1. The fraction of sp³-hybridized carbons (Fsp3) is 0.125. The summed E-state index contributed by atoms with van der Waals surface area (Å²) in [6.07, 6.45) is 2.03. The number of benzene rings is 2. The van der Waals surface area contributed by atoms with Gasteiger partial charge in [0, 0.05) is 11.1 Å². The lowest BCUT2D eigenvalue weighted by molar-refractivity contribution is 0.282. The van der Waals surface area contributed by atoms with Gasteiger partial charge in [-0.3, -0.25) is 0 Å². The summed E-state index contributed by atoms with van der Waals surface area (Å²) < 4.78 is 5.70. The van der Waals surface area contributed by atoms with Crippen LogP contribution >= 0.6 is 0 Å². The van der Waals surface area contributed by atoms with Crippen LogP contribution in [0, 0.1) is 0 Å². The van der Waals surface area contributed by atoms with E-state index in [4.69, 9.17) is 9.84 Å². The lowest BCUT2D eigenvalue weighted by Crippen LogP contribution is -1.83. The number of aliphatic hydroxyl groups is 1. The third kappa shape index (κ3) is 2.03. The summed E-state index contributed by atoms with van der Waals surface area (Å²) in [5, 5.41) is 9.00. The minimum absolute atomic E-state index is 0.0795. The van der Waals surface area contributed by atoms with Crippen molar-refractivity contribution in [2.24, 2.45) is 0 Å². The molecule has 0 radical (unpaired) electrons. The number of hydrogen-bond acceptors (Lipinski definition) is 2. The van der Waals surface area contributed by atoms with Crippen molar-refractivity contribution in [1.82, 2.24) is 0 Å². The molecule has 2 aromatic rings. The lowest BCUT2D eigenvalue weighted by Gasteiger charge is -2.01. The Bertz CT molecular complexity index is 582. The van der Waals surface area contributed by atoms with Gasteiger partial charge in [0.2, 0.25) is 0 Å². The minimum Gasteiger partial charge on any atom is -0.488 e. The summed E-state index contributed by atoms with van der Waals surface area (Å²) in [6, 6.07) is 16.0. The SMILES string of the molecule is OCc1ccc(/C=C2/OCc3ccccc32)cc1. The molecular weight excluding hydrogens is 224 g/mol. The summed E-state index contributed by atoms with van der Waals surface area (Å²) in [5.41, 5.74) is 4.41. The van der Waals surface area contributed by atoms with Crippen LogP contribution in [0.15, 0.2) is 48.5 Å². The predicted octanol–water partition coefficient (Wildman–Crippen LogP) is 3.21. The maximum atomic E-state index is 9.00. The predicted molar refractivity (Wildman–Crippen MR) is 71.5 cm³/mol. The summed E-state index contributed by atoms with van der Waals surface area (Å²) in [6.45, 7) is 0.729. The van der Waals surface area contributed by atoms with Crippen LogP contribution in [0.4, 0.5) is 0 Å². The largest absolute Gasteiger partial charge is 0.488 e. The molecule has 1 N–H and O–H groups in total. The Kier molecular flexibility index (Phi) is 2.87. The van der Waals surface area contributed by atoms with Gasteiger partial charge in [-0.2, -0.15) is 0 Å². The van der Waals surface area contributed by atoms with E-state index >= 15 is 0 Å². The molecule has 18 heavy (non-hydrogen) atoms. The van der Waals surface area contributed by atoms with Gasteiger partial charge in [-0.25, -0.2) is 0 Å². The second-order valence-corrected chi connectivity index (χ2v) is 4.35. The van der Waals surface area contributed by atoms with Gasteiger partial charge >= 0.3 is 0 Å². The molecule has 0 fully saturated rings. The average Bonchev–Trinajstić information content (AvgIpc) is 2.83. The second-order valence-electron chi connectivity index (χ2n) is 4.35. The van der Waals surface area contributed by atoms with Gasteiger partial charge in [0.25, 0.3) is 0 Å². The molecule has 2 aromatic carbocycles.